The molecule has 3 heteroatoms. The molecule has 0 spiro atoms. The molecule has 0 amide bonds. The third-order valence-electron chi connectivity index (χ3n) is 1.33. The summed E-state index contributed by atoms with van der Waals surface area (Å²) in [4.78, 5) is 0. The van der Waals surface area contributed by atoms with Gasteiger partial charge in [0.05, 0.1) is 0 Å². The monoisotopic (exact) mass is 198 g/mol. The Morgan fingerprint density at radius 1 is 1.50 bits per heavy atom. The molecule has 10 heavy (non-hydrogen) atoms. The lowest BCUT2D eigenvalue weighted by molar-refractivity contribution is 0.594. The normalized spacial score (nSPS) is 9.50. The fourth-order valence-electron chi connectivity index (χ4n) is 0.766. The Kier molecular flexibility index (Phi) is 2.52. The van der Waals surface area contributed by atoms with E-state index in [0.717, 1.165) is 9.94 Å². The highest BCUT2D eigenvalue weighted by atomic mass is 79.9. The van der Waals surface area contributed by atoms with Crippen LogP contribution in [0.4, 0.5) is 0 Å². The molecule has 1 N–H and O–H groups in total. The third-order valence-corrected chi connectivity index (χ3v) is 1.82. The molecule has 0 atom stereocenters. The number of benzene rings is 1. The lowest BCUT2D eigenvalue weighted by atomic mass is 9.64. The highest BCUT2D eigenvalue weighted by Crippen LogP contribution is 2.05. The highest BCUT2D eigenvalue weighted by Gasteiger charge is 2.04. The van der Waals surface area contributed by atoms with Gasteiger partial charge in [-0.25, -0.2) is 0 Å². The van der Waals surface area contributed by atoms with E-state index in [2.05, 4.69) is 15.9 Å². The van der Waals surface area contributed by atoms with Gasteiger partial charge >= 0.3 is 6.92 Å². The average molecular weight is 199 g/mol. The van der Waals surface area contributed by atoms with Crippen molar-refractivity contribution in [3.63, 3.8) is 0 Å². The maximum atomic E-state index is 9.13. The molecule has 52 valence electrons. The van der Waals surface area contributed by atoms with E-state index < -0.39 is 0 Å². The highest BCUT2D eigenvalue weighted by molar-refractivity contribution is 9.10. The summed E-state index contributed by atoms with van der Waals surface area (Å²) in [5.74, 6) is 0. The van der Waals surface area contributed by atoms with Crippen molar-refractivity contribution in [2.75, 3.05) is 0 Å². The van der Waals surface area contributed by atoms with E-state index in [4.69, 9.17) is 5.02 Å². The number of hydrogen-bond acceptors (Lipinski definition) is 1. The van der Waals surface area contributed by atoms with Crippen molar-refractivity contribution in [2.45, 2.75) is 6.82 Å². The summed E-state index contributed by atoms with van der Waals surface area (Å²) < 4.78 is 1.01. The Balaban J connectivity index is 2.96. The first-order valence-corrected chi connectivity index (χ1v) is 3.93. The van der Waals surface area contributed by atoms with E-state index in [1.807, 2.05) is 24.3 Å². The molecule has 1 aromatic rings. The van der Waals surface area contributed by atoms with Crippen molar-refractivity contribution in [1.82, 2.24) is 0 Å². The first-order chi connectivity index (χ1) is 4.70. The zero-order valence-electron chi connectivity index (χ0n) is 5.71. The zero-order valence-corrected chi connectivity index (χ0v) is 7.30. The van der Waals surface area contributed by atoms with E-state index in [1.54, 1.807) is 6.82 Å². The van der Waals surface area contributed by atoms with Gasteiger partial charge in [0, 0.05) is 4.47 Å². The van der Waals surface area contributed by atoms with Gasteiger partial charge in [-0.15, -0.1) is 0 Å². The second-order valence-electron chi connectivity index (χ2n) is 2.23. The number of hydrogen-bond donors (Lipinski definition) is 1. The van der Waals surface area contributed by atoms with Crippen molar-refractivity contribution < 1.29 is 5.02 Å². The Hall–Kier alpha value is -0.275. The van der Waals surface area contributed by atoms with E-state index >= 15 is 0 Å². The maximum absolute atomic E-state index is 9.13. The van der Waals surface area contributed by atoms with Crippen LogP contribution < -0.4 is 5.46 Å². The molecule has 1 aromatic carbocycles. The largest absolute Gasteiger partial charge is 0.447 e. The van der Waals surface area contributed by atoms with E-state index in [0.29, 0.717) is 0 Å². The van der Waals surface area contributed by atoms with Gasteiger partial charge in [0.15, 0.2) is 0 Å². The fraction of sp³-hybridized carbons (Fsp3) is 0.143. The predicted octanol–water partition coefficient (Wildman–Crippen LogP) is 1.27. The topological polar surface area (TPSA) is 20.2 Å². The van der Waals surface area contributed by atoms with Gasteiger partial charge in [-0.1, -0.05) is 41.0 Å². The summed E-state index contributed by atoms with van der Waals surface area (Å²) >= 11 is 3.32. The molecule has 0 heterocycles. The van der Waals surface area contributed by atoms with E-state index in [-0.39, 0.29) is 6.92 Å². The van der Waals surface area contributed by atoms with Crippen LogP contribution in [-0.2, 0) is 0 Å². The van der Waals surface area contributed by atoms with Gasteiger partial charge < -0.3 is 5.02 Å². The second kappa shape index (κ2) is 3.22. The molecule has 1 rings (SSSR count). The number of halogens is 1. The minimum Gasteiger partial charge on any atom is -0.447 e. The molecular formula is C7H8BBrO. The van der Waals surface area contributed by atoms with Crippen LogP contribution in [0.25, 0.3) is 0 Å². The minimum absolute atomic E-state index is 0.377. The van der Waals surface area contributed by atoms with Crippen LogP contribution >= 0.6 is 15.9 Å². The minimum atomic E-state index is -0.377. The van der Waals surface area contributed by atoms with Crippen LogP contribution in [0.5, 0.6) is 0 Å². The third kappa shape index (κ3) is 1.85. The van der Waals surface area contributed by atoms with Crippen molar-refractivity contribution in [2.24, 2.45) is 0 Å². The van der Waals surface area contributed by atoms with E-state index in [9.17, 15) is 0 Å². The Labute approximate surface area is 69.3 Å². The summed E-state index contributed by atoms with van der Waals surface area (Å²) in [7, 11) is 0. The van der Waals surface area contributed by atoms with Crippen molar-refractivity contribution in [1.29, 1.82) is 0 Å². The number of rotatable bonds is 1. The summed E-state index contributed by atoms with van der Waals surface area (Å²) in [6.07, 6.45) is 0. The summed E-state index contributed by atoms with van der Waals surface area (Å²) in [5.41, 5.74) is 0.939. The van der Waals surface area contributed by atoms with Gasteiger partial charge in [-0.2, -0.15) is 0 Å². The van der Waals surface area contributed by atoms with Crippen LogP contribution in [-0.4, -0.2) is 11.9 Å². The molecule has 0 aliphatic rings. The molecule has 0 saturated carbocycles. The second-order valence-corrected chi connectivity index (χ2v) is 3.15. The lowest BCUT2D eigenvalue weighted by Crippen LogP contribution is -2.25. The summed E-state index contributed by atoms with van der Waals surface area (Å²) in [5, 5.41) is 9.13. The molecule has 0 unspecified atom stereocenters. The summed E-state index contributed by atoms with van der Waals surface area (Å²) in [6, 6.07) is 7.65. The standard InChI is InChI=1S/C7H8BBrO/c1-8(10)6-3-2-4-7(9)5-6/h2-5,10H,1H3. The smallest absolute Gasteiger partial charge is 0.320 e. The summed E-state index contributed by atoms with van der Waals surface area (Å²) in [6.45, 7) is 1.37. The Morgan fingerprint density at radius 3 is 2.60 bits per heavy atom. The van der Waals surface area contributed by atoms with Crippen molar-refractivity contribution >= 4 is 28.3 Å². The zero-order chi connectivity index (χ0) is 7.56. The van der Waals surface area contributed by atoms with Gasteiger partial charge in [0.2, 0.25) is 0 Å². The fourth-order valence-corrected chi connectivity index (χ4v) is 1.18. The molecule has 0 radical (unpaired) electrons. The lowest BCUT2D eigenvalue weighted by Gasteiger charge is -1.99. The van der Waals surface area contributed by atoms with Gasteiger partial charge in [-0.3, -0.25) is 0 Å². The predicted molar refractivity (Wildman–Crippen MR) is 47.6 cm³/mol. The molecule has 0 aromatic heterocycles. The van der Waals surface area contributed by atoms with Crippen LogP contribution in [0.15, 0.2) is 28.7 Å². The van der Waals surface area contributed by atoms with E-state index in [1.165, 1.54) is 0 Å². The first kappa shape index (κ1) is 7.83. The molecule has 0 aliphatic carbocycles. The van der Waals surface area contributed by atoms with Gasteiger partial charge in [0.25, 0.3) is 0 Å². The van der Waals surface area contributed by atoms with Gasteiger partial charge in [0.1, 0.15) is 0 Å². The van der Waals surface area contributed by atoms with Crippen LogP contribution in [0.1, 0.15) is 0 Å². The molecule has 0 aliphatic heterocycles. The quantitative estimate of drug-likeness (QED) is 0.675. The first-order valence-electron chi connectivity index (χ1n) is 3.13. The van der Waals surface area contributed by atoms with Crippen molar-refractivity contribution in [3.8, 4) is 0 Å². The van der Waals surface area contributed by atoms with Crippen LogP contribution in [0.3, 0.4) is 0 Å². The Morgan fingerprint density at radius 2 is 2.20 bits per heavy atom. The molecular weight excluding hydrogens is 191 g/mol. The van der Waals surface area contributed by atoms with Crippen LogP contribution in [0, 0.1) is 0 Å². The van der Waals surface area contributed by atoms with Crippen LogP contribution in [0.2, 0.25) is 6.82 Å². The maximum Gasteiger partial charge on any atom is 0.320 e. The van der Waals surface area contributed by atoms with Crippen molar-refractivity contribution in [3.05, 3.63) is 28.7 Å². The molecule has 0 saturated heterocycles. The van der Waals surface area contributed by atoms with Gasteiger partial charge in [-0.05, 0) is 11.5 Å². The SMILES string of the molecule is CB(O)c1cccc(Br)c1. The Bertz CT molecular complexity index is 225. The molecule has 0 fully saturated rings. The molecule has 1 nitrogen and oxygen atoms in total. The average Bonchev–Trinajstić information content (AvgIpc) is 1.88. The molecule has 0 bridgehead atoms.